The molecule has 0 aliphatic heterocycles. The summed E-state index contributed by atoms with van der Waals surface area (Å²) in [4.78, 5) is 4.43. The Morgan fingerprint density at radius 2 is 2.23 bits per heavy atom. The van der Waals surface area contributed by atoms with Crippen LogP contribution in [0.3, 0.4) is 0 Å². The summed E-state index contributed by atoms with van der Waals surface area (Å²) < 4.78 is 4.94. The molecule has 0 aromatic heterocycles. The smallest absolute Gasteiger partial charge is 0.167 e. The van der Waals surface area contributed by atoms with Crippen molar-refractivity contribution in [1.29, 1.82) is 0 Å². The molecule has 0 saturated heterocycles. The van der Waals surface area contributed by atoms with Gasteiger partial charge in [0.25, 0.3) is 0 Å². The average molecular weight is 204 g/mol. The van der Waals surface area contributed by atoms with Crippen molar-refractivity contribution in [1.82, 2.24) is 0 Å². The van der Waals surface area contributed by atoms with E-state index in [-0.39, 0.29) is 18.1 Å². The molecule has 0 spiro atoms. The van der Waals surface area contributed by atoms with E-state index in [1.807, 2.05) is 0 Å². The quantitative estimate of drug-likeness (QED) is 0.730. The topological polar surface area (TPSA) is 64.7 Å². The summed E-state index contributed by atoms with van der Waals surface area (Å²) in [6, 6.07) is 2.99. The number of hydrogen-bond donors (Lipinski definition) is 2. The van der Waals surface area contributed by atoms with Gasteiger partial charge in [-0.1, -0.05) is 11.6 Å². The molecule has 0 aliphatic carbocycles. The molecule has 4 nitrogen and oxygen atoms in total. The number of benzene rings is 1. The summed E-state index contributed by atoms with van der Waals surface area (Å²) in [7, 11) is 1.44. The maximum atomic E-state index is 9.36. The Kier molecular flexibility index (Phi) is 3.36. The van der Waals surface area contributed by atoms with Gasteiger partial charge in [0.1, 0.15) is 0 Å². The van der Waals surface area contributed by atoms with Crippen molar-refractivity contribution < 1.29 is 14.7 Å². The van der Waals surface area contributed by atoms with Gasteiger partial charge in [0, 0.05) is 5.56 Å². The van der Waals surface area contributed by atoms with Crippen LogP contribution in [0.15, 0.2) is 12.1 Å². The van der Waals surface area contributed by atoms with E-state index in [4.69, 9.17) is 22.2 Å². The van der Waals surface area contributed by atoms with E-state index in [2.05, 4.69) is 4.84 Å². The van der Waals surface area contributed by atoms with Gasteiger partial charge in [-0.15, -0.1) is 0 Å². The van der Waals surface area contributed by atoms with E-state index >= 15 is 0 Å². The minimum Gasteiger partial charge on any atom is -0.504 e. The van der Waals surface area contributed by atoms with Crippen LogP contribution in [0, 0.1) is 0 Å². The number of aromatic hydroxyl groups is 1. The lowest BCUT2D eigenvalue weighted by molar-refractivity contribution is 0.121. The molecule has 0 fully saturated rings. The predicted octanol–water partition coefficient (Wildman–Crippen LogP) is 1.44. The van der Waals surface area contributed by atoms with Gasteiger partial charge < -0.3 is 9.84 Å². The molecule has 0 saturated carbocycles. The van der Waals surface area contributed by atoms with Crippen LogP contribution in [0.4, 0.5) is 0 Å². The third-order valence-electron chi connectivity index (χ3n) is 1.61. The fourth-order valence-corrected chi connectivity index (χ4v) is 1.24. The van der Waals surface area contributed by atoms with Crippen LogP contribution in [0.2, 0.25) is 5.02 Å². The van der Waals surface area contributed by atoms with Gasteiger partial charge in [-0.2, -0.15) is 0 Å². The lowest BCUT2D eigenvalue weighted by Gasteiger charge is -2.10. The fraction of sp³-hybridized carbons (Fsp3) is 0.250. The number of nitrogens with two attached hydrogens (primary N) is 1. The molecule has 72 valence electrons. The number of ether oxygens (including phenoxy) is 1. The van der Waals surface area contributed by atoms with Crippen molar-refractivity contribution in [2.24, 2.45) is 5.90 Å². The maximum absolute atomic E-state index is 9.36. The Bertz CT molecular complexity index is 304. The summed E-state index contributed by atoms with van der Waals surface area (Å²) >= 11 is 5.83. The maximum Gasteiger partial charge on any atom is 0.167 e. The van der Waals surface area contributed by atoms with Gasteiger partial charge in [-0.3, -0.25) is 4.84 Å². The normalized spacial score (nSPS) is 10.1. The number of halogens is 1. The van der Waals surface area contributed by atoms with E-state index in [0.717, 1.165) is 0 Å². The zero-order valence-corrected chi connectivity index (χ0v) is 7.84. The van der Waals surface area contributed by atoms with Crippen LogP contribution in [-0.2, 0) is 11.4 Å². The molecule has 1 aromatic carbocycles. The SMILES string of the molecule is COc1c(O)ccc(Cl)c1CON. The summed E-state index contributed by atoms with van der Waals surface area (Å²) in [5, 5.41) is 9.81. The van der Waals surface area contributed by atoms with Crippen molar-refractivity contribution in [3.8, 4) is 11.5 Å². The highest BCUT2D eigenvalue weighted by atomic mass is 35.5. The minimum atomic E-state index is 0.0129. The standard InChI is InChI=1S/C8H10ClNO3/c1-12-8-5(4-13-10)6(9)2-3-7(8)11/h2-3,11H,4,10H2,1H3. The van der Waals surface area contributed by atoms with Crippen LogP contribution in [0.25, 0.3) is 0 Å². The van der Waals surface area contributed by atoms with Gasteiger partial charge in [0.15, 0.2) is 11.5 Å². The van der Waals surface area contributed by atoms with Crippen molar-refractivity contribution in [2.45, 2.75) is 6.61 Å². The first kappa shape index (κ1) is 10.1. The molecule has 0 radical (unpaired) electrons. The lowest BCUT2D eigenvalue weighted by atomic mass is 10.2. The zero-order chi connectivity index (χ0) is 9.84. The largest absolute Gasteiger partial charge is 0.504 e. The second-order valence-electron chi connectivity index (χ2n) is 2.39. The summed E-state index contributed by atoms with van der Waals surface area (Å²) in [5.41, 5.74) is 0.534. The number of phenols is 1. The second kappa shape index (κ2) is 4.32. The van der Waals surface area contributed by atoms with E-state index in [1.165, 1.54) is 13.2 Å². The third kappa shape index (κ3) is 2.03. The first-order chi connectivity index (χ1) is 6.20. The molecular weight excluding hydrogens is 194 g/mol. The van der Waals surface area contributed by atoms with Crippen molar-refractivity contribution in [3.63, 3.8) is 0 Å². The Morgan fingerprint density at radius 1 is 1.54 bits per heavy atom. The van der Waals surface area contributed by atoms with Crippen LogP contribution in [-0.4, -0.2) is 12.2 Å². The highest BCUT2D eigenvalue weighted by molar-refractivity contribution is 6.31. The lowest BCUT2D eigenvalue weighted by Crippen LogP contribution is -2.02. The molecule has 0 bridgehead atoms. The van der Waals surface area contributed by atoms with Gasteiger partial charge in [-0.25, -0.2) is 5.90 Å². The van der Waals surface area contributed by atoms with E-state index in [9.17, 15) is 5.11 Å². The minimum absolute atomic E-state index is 0.0129. The summed E-state index contributed by atoms with van der Waals surface area (Å²) in [6.45, 7) is 0.0937. The van der Waals surface area contributed by atoms with Crippen LogP contribution in [0.5, 0.6) is 11.5 Å². The van der Waals surface area contributed by atoms with Gasteiger partial charge in [0.05, 0.1) is 18.7 Å². The Balaban J connectivity index is 3.18. The first-order valence-corrected chi connectivity index (χ1v) is 3.94. The molecule has 3 N–H and O–H groups in total. The Hall–Kier alpha value is -0.970. The summed E-state index contributed by atoms with van der Waals surface area (Å²) in [6.07, 6.45) is 0. The molecule has 5 heteroatoms. The Labute approximate surface area is 80.8 Å². The van der Waals surface area contributed by atoms with E-state index < -0.39 is 0 Å². The van der Waals surface area contributed by atoms with E-state index in [0.29, 0.717) is 10.6 Å². The van der Waals surface area contributed by atoms with Gasteiger partial charge >= 0.3 is 0 Å². The summed E-state index contributed by atoms with van der Waals surface area (Å²) in [5.74, 6) is 5.21. The fourth-order valence-electron chi connectivity index (χ4n) is 1.04. The van der Waals surface area contributed by atoms with Gasteiger partial charge in [0.2, 0.25) is 0 Å². The highest BCUT2D eigenvalue weighted by Gasteiger charge is 2.12. The van der Waals surface area contributed by atoms with Crippen LogP contribution >= 0.6 is 11.6 Å². The molecular formula is C8H10ClNO3. The number of methoxy groups -OCH3 is 1. The molecule has 1 rings (SSSR count). The molecule has 0 amide bonds. The Morgan fingerprint density at radius 3 is 2.77 bits per heavy atom. The van der Waals surface area contributed by atoms with Crippen LogP contribution in [0.1, 0.15) is 5.56 Å². The third-order valence-corrected chi connectivity index (χ3v) is 1.97. The van der Waals surface area contributed by atoms with Crippen molar-refractivity contribution >= 4 is 11.6 Å². The zero-order valence-electron chi connectivity index (χ0n) is 7.08. The molecule has 1 aromatic rings. The second-order valence-corrected chi connectivity index (χ2v) is 2.80. The number of rotatable bonds is 3. The van der Waals surface area contributed by atoms with Crippen molar-refractivity contribution in [2.75, 3.05) is 7.11 Å². The van der Waals surface area contributed by atoms with Crippen LogP contribution < -0.4 is 10.6 Å². The molecule has 0 heterocycles. The highest BCUT2D eigenvalue weighted by Crippen LogP contribution is 2.35. The predicted molar refractivity (Wildman–Crippen MR) is 48.6 cm³/mol. The van der Waals surface area contributed by atoms with E-state index in [1.54, 1.807) is 6.07 Å². The van der Waals surface area contributed by atoms with Crippen molar-refractivity contribution in [3.05, 3.63) is 22.7 Å². The molecule has 0 atom stereocenters. The molecule has 13 heavy (non-hydrogen) atoms. The first-order valence-electron chi connectivity index (χ1n) is 3.56. The van der Waals surface area contributed by atoms with Gasteiger partial charge in [-0.05, 0) is 12.1 Å². The molecule has 0 aliphatic rings. The monoisotopic (exact) mass is 203 g/mol. The number of phenolic OH excluding ortho intramolecular Hbond substituents is 1. The average Bonchev–Trinajstić information content (AvgIpc) is 2.12. The molecule has 0 unspecified atom stereocenters. The number of hydrogen-bond acceptors (Lipinski definition) is 4.